The van der Waals surface area contributed by atoms with E-state index in [-0.39, 0.29) is 24.9 Å². The third kappa shape index (κ3) is 8.12. The van der Waals surface area contributed by atoms with Crippen LogP contribution in [0.2, 0.25) is 0 Å². The van der Waals surface area contributed by atoms with Gasteiger partial charge in [0, 0.05) is 19.0 Å². The van der Waals surface area contributed by atoms with Gasteiger partial charge in [-0.25, -0.2) is 13.1 Å². The van der Waals surface area contributed by atoms with E-state index in [0.29, 0.717) is 6.54 Å². The van der Waals surface area contributed by atoms with E-state index in [2.05, 4.69) is 10.0 Å². The Balaban J connectivity index is 0.00000289. The maximum atomic E-state index is 11.9. The molecule has 1 heterocycles. The zero-order valence-corrected chi connectivity index (χ0v) is 11.4. The molecule has 9 heteroatoms. The molecule has 0 spiro atoms. The summed E-state index contributed by atoms with van der Waals surface area (Å²) in [6.45, 7) is 1.39. The summed E-state index contributed by atoms with van der Waals surface area (Å²) in [7, 11) is -3.59. The second kappa shape index (κ2) is 7.52. The van der Waals surface area contributed by atoms with Gasteiger partial charge in [-0.05, 0) is 25.8 Å². The molecule has 1 rings (SSSR count). The van der Waals surface area contributed by atoms with Crippen LogP contribution in [-0.2, 0) is 10.0 Å². The van der Waals surface area contributed by atoms with Crippen LogP contribution in [0, 0.1) is 0 Å². The first-order valence-electron chi connectivity index (χ1n) is 5.56. The zero-order chi connectivity index (χ0) is 12.9. The molecule has 18 heavy (non-hydrogen) atoms. The lowest BCUT2D eigenvalue weighted by Gasteiger charge is -2.23. The molecule has 0 aliphatic carbocycles. The van der Waals surface area contributed by atoms with Crippen LogP contribution in [0.4, 0.5) is 13.2 Å². The van der Waals surface area contributed by atoms with Crippen molar-refractivity contribution in [3.63, 3.8) is 0 Å². The van der Waals surface area contributed by atoms with Crippen LogP contribution in [0.5, 0.6) is 0 Å². The molecule has 110 valence electrons. The number of nitrogens with one attached hydrogen (secondary N) is 2. The summed E-state index contributed by atoms with van der Waals surface area (Å²) in [5, 5.41) is 3.03. The van der Waals surface area contributed by atoms with Crippen LogP contribution in [0.15, 0.2) is 0 Å². The first-order valence-corrected chi connectivity index (χ1v) is 7.21. The fraction of sp³-hybridized carbons (Fsp3) is 1.00. The summed E-state index contributed by atoms with van der Waals surface area (Å²) < 4.78 is 61.0. The molecule has 2 N–H and O–H groups in total. The Bertz CT molecular complexity index is 329. The molecule has 4 nitrogen and oxygen atoms in total. The van der Waals surface area contributed by atoms with Crippen molar-refractivity contribution < 1.29 is 21.6 Å². The van der Waals surface area contributed by atoms with Gasteiger partial charge >= 0.3 is 6.18 Å². The van der Waals surface area contributed by atoms with E-state index in [9.17, 15) is 21.6 Å². The molecular formula is C9H18ClF3N2O2S. The first-order chi connectivity index (χ1) is 7.79. The van der Waals surface area contributed by atoms with Crippen molar-refractivity contribution in [3.8, 4) is 0 Å². The van der Waals surface area contributed by atoms with Crippen LogP contribution in [0.25, 0.3) is 0 Å². The Morgan fingerprint density at radius 2 is 2.00 bits per heavy atom. The van der Waals surface area contributed by atoms with Gasteiger partial charge in [-0.1, -0.05) is 0 Å². The Morgan fingerprint density at radius 1 is 1.33 bits per heavy atom. The highest BCUT2D eigenvalue weighted by Gasteiger charge is 2.28. The van der Waals surface area contributed by atoms with Crippen LogP contribution in [-0.4, -0.2) is 39.5 Å². The first kappa shape index (κ1) is 17.9. The smallest absolute Gasteiger partial charge is 0.315 e. The molecule has 0 aromatic heterocycles. The molecule has 1 saturated heterocycles. The molecule has 1 atom stereocenters. The second-order valence-electron chi connectivity index (χ2n) is 4.20. The number of sulfonamides is 1. The number of halogens is 4. The molecule has 0 radical (unpaired) electrons. The molecule has 1 aliphatic rings. The molecule has 0 amide bonds. The van der Waals surface area contributed by atoms with E-state index in [1.807, 2.05) is 0 Å². The number of alkyl halides is 3. The summed E-state index contributed by atoms with van der Waals surface area (Å²) in [5.74, 6) is -0.469. The largest absolute Gasteiger partial charge is 0.389 e. The lowest BCUT2D eigenvalue weighted by molar-refractivity contribution is -0.134. The fourth-order valence-corrected chi connectivity index (χ4v) is 3.08. The van der Waals surface area contributed by atoms with Gasteiger partial charge in [0.2, 0.25) is 10.0 Å². The van der Waals surface area contributed by atoms with Gasteiger partial charge in [0.25, 0.3) is 0 Å². The fourth-order valence-electron chi connectivity index (χ4n) is 1.73. The van der Waals surface area contributed by atoms with E-state index in [4.69, 9.17) is 0 Å². The predicted octanol–water partition coefficient (Wildman–Crippen LogP) is 1.42. The van der Waals surface area contributed by atoms with E-state index < -0.39 is 28.4 Å². The van der Waals surface area contributed by atoms with Gasteiger partial charge in [-0.2, -0.15) is 13.2 Å². The lowest BCUT2D eigenvalue weighted by Crippen LogP contribution is -2.46. The van der Waals surface area contributed by atoms with Crippen LogP contribution < -0.4 is 10.0 Å². The standard InChI is InChI=1S/C9H17F3N2O2S.ClH/c10-9(11,12)4-2-6-17(15,16)14-8-3-1-5-13-7-8;/h8,13-14H,1-7H2;1H. The normalized spacial score (nSPS) is 21.4. The minimum atomic E-state index is -4.29. The predicted molar refractivity (Wildman–Crippen MR) is 65.4 cm³/mol. The lowest BCUT2D eigenvalue weighted by atomic mass is 10.1. The maximum absolute atomic E-state index is 11.9. The highest BCUT2D eigenvalue weighted by atomic mass is 35.5. The summed E-state index contributed by atoms with van der Waals surface area (Å²) in [4.78, 5) is 0. The van der Waals surface area contributed by atoms with E-state index in [0.717, 1.165) is 19.4 Å². The van der Waals surface area contributed by atoms with Gasteiger partial charge < -0.3 is 5.32 Å². The average Bonchev–Trinajstić information content (AvgIpc) is 2.15. The third-order valence-corrected chi connectivity index (χ3v) is 4.04. The molecular weight excluding hydrogens is 293 g/mol. The number of piperidine rings is 1. The minimum Gasteiger partial charge on any atom is -0.315 e. The van der Waals surface area contributed by atoms with Gasteiger partial charge in [0.05, 0.1) is 5.75 Å². The monoisotopic (exact) mass is 310 g/mol. The average molecular weight is 311 g/mol. The van der Waals surface area contributed by atoms with Crippen molar-refractivity contribution in [2.24, 2.45) is 0 Å². The highest BCUT2D eigenvalue weighted by molar-refractivity contribution is 7.89. The molecule has 1 fully saturated rings. The Morgan fingerprint density at radius 3 is 2.50 bits per heavy atom. The molecule has 0 aromatic carbocycles. The number of hydrogen-bond acceptors (Lipinski definition) is 3. The van der Waals surface area contributed by atoms with E-state index in [1.165, 1.54) is 0 Å². The van der Waals surface area contributed by atoms with Crippen molar-refractivity contribution in [2.45, 2.75) is 37.9 Å². The maximum Gasteiger partial charge on any atom is 0.389 e. The Kier molecular flexibility index (Phi) is 7.50. The van der Waals surface area contributed by atoms with E-state index in [1.54, 1.807) is 0 Å². The van der Waals surface area contributed by atoms with Gasteiger partial charge in [-0.15, -0.1) is 12.4 Å². The molecule has 1 unspecified atom stereocenters. The molecule has 0 bridgehead atoms. The van der Waals surface area contributed by atoms with Crippen molar-refractivity contribution in [2.75, 3.05) is 18.8 Å². The summed E-state index contributed by atoms with van der Waals surface area (Å²) in [6, 6.07) is -0.195. The van der Waals surface area contributed by atoms with Crippen LogP contribution in [0.3, 0.4) is 0 Å². The quantitative estimate of drug-likeness (QED) is 0.807. The Labute approximate surface area is 111 Å². The van der Waals surface area contributed by atoms with Crippen LogP contribution >= 0.6 is 12.4 Å². The zero-order valence-electron chi connectivity index (χ0n) is 9.79. The highest BCUT2D eigenvalue weighted by Crippen LogP contribution is 2.21. The van der Waals surface area contributed by atoms with Gasteiger partial charge in [-0.3, -0.25) is 0 Å². The SMILES string of the molecule is Cl.O=S(=O)(CCCC(F)(F)F)NC1CCCNC1. The number of rotatable bonds is 5. The van der Waals surface area contributed by atoms with Crippen molar-refractivity contribution in [3.05, 3.63) is 0 Å². The number of hydrogen-bond donors (Lipinski definition) is 2. The van der Waals surface area contributed by atoms with Crippen molar-refractivity contribution in [1.82, 2.24) is 10.0 Å². The molecule has 0 aromatic rings. The second-order valence-corrected chi connectivity index (χ2v) is 6.07. The Hall–Kier alpha value is -0.0500. The van der Waals surface area contributed by atoms with Gasteiger partial charge in [0.15, 0.2) is 0 Å². The third-order valence-electron chi connectivity index (χ3n) is 2.52. The topological polar surface area (TPSA) is 58.2 Å². The molecule has 0 saturated carbocycles. The van der Waals surface area contributed by atoms with Crippen molar-refractivity contribution >= 4 is 22.4 Å². The van der Waals surface area contributed by atoms with Gasteiger partial charge in [0.1, 0.15) is 0 Å². The summed E-state index contributed by atoms with van der Waals surface area (Å²) in [6.07, 6.45) is -4.14. The molecule has 1 aliphatic heterocycles. The van der Waals surface area contributed by atoms with Crippen LogP contribution in [0.1, 0.15) is 25.7 Å². The minimum absolute atomic E-state index is 0. The summed E-state index contributed by atoms with van der Waals surface area (Å²) in [5.41, 5.74) is 0. The van der Waals surface area contributed by atoms with E-state index >= 15 is 0 Å². The summed E-state index contributed by atoms with van der Waals surface area (Å²) >= 11 is 0. The van der Waals surface area contributed by atoms with Crippen molar-refractivity contribution in [1.29, 1.82) is 0 Å².